The zero-order valence-corrected chi connectivity index (χ0v) is 14.3. The monoisotopic (exact) mass is 379 g/mol. The minimum absolute atomic E-state index is 0.0261. The van der Waals surface area contributed by atoms with Crippen LogP contribution in [0.5, 0.6) is 11.5 Å². The number of nitrogens with two attached hydrogens (primary N) is 1. The number of amides is 2. The number of anilines is 1. The molecule has 0 aliphatic carbocycles. The average molecular weight is 380 g/mol. The Labute approximate surface area is 152 Å². The number of primary amides is 1. The first kappa shape index (κ1) is 19.0. The Morgan fingerprint density at radius 2 is 1.92 bits per heavy atom. The summed E-state index contributed by atoms with van der Waals surface area (Å²) in [6.45, 7) is -0.465. The average Bonchev–Trinajstić information content (AvgIpc) is 2.60. The van der Waals surface area contributed by atoms with Gasteiger partial charge in [0, 0.05) is 17.2 Å². The van der Waals surface area contributed by atoms with Gasteiger partial charge in [-0.25, -0.2) is 0 Å². The second-order valence-electron chi connectivity index (χ2n) is 4.98. The predicted octanol–water partition coefficient (Wildman–Crippen LogP) is 2.37. The van der Waals surface area contributed by atoms with Crippen LogP contribution in [0.4, 0.5) is 11.4 Å². The van der Waals surface area contributed by atoms with Gasteiger partial charge in [-0.3, -0.25) is 19.7 Å². The number of halogens is 1. The van der Waals surface area contributed by atoms with Crippen molar-refractivity contribution in [3.63, 3.8) is 0 Å². The van der Waals surface area contributed by atoms with Crippen LogP contribution in [-0.4, -0.2) is 30.5 Å². The number of methoxy groups -OCH3 is 1. The molecule has 0 spiro atoms. The lowest BCUT2D eigenvalue weighted by Gasteiger charge is -2.12. The lowest BCUT2D eigenvalue weighted by molar-refractivity contribution is -0.384. The van der Waals surface area contributed by atoms with E-state index in [1.807, 2.05) is 0 Å². The summed E-state index contributed by atoms with van der Waals surface area (Å²) >= 11 is 5.79. The number of nitro groups is 1. The molecule has 2 aromatic carbocycles. The van der Waals surface area contributed by atoms with E-state index in [1.165, 1.54) is 37.4 Å². The summed E-state index contributed by atoms with van der Waals surface area (Å²) in [6, 6.07) is 7.97. The van der Waals surface area contributed by atoms with Gasteiger partial charge in [-0.05, 0) is 24.3 Å². The third-order valence-corrected chi connectivity index (χ3v) is 3.47. The first-order chi connectivity index (χ1) is 12.3. The second kappa shape index (κ2) is 8.17. The molecule has 10 heteroatoms. The van der Waals surface area contributed by atoms with Crippen molar-refractivity contribution in [2.45, 2.75) is 0 Å². The van der Waals surface area contributed by atoms with Crippen molar-refractivity contribution in [1.82, 2.24) is 0 Å². The molecule has 26 heavy (non-hydrogen) atoms. The summed E-state index contributed by atoms with van der Waals surface area (Å²) in [5, 5.41) is 13.6. The molecule has 0 fully saturated rings. The molecule has 0 atom stereocenters. The van der Waals surface area contributed by atoms with Crippen LogP contribution in [0.2, 0.25) is 5.02 Å². The van der Waals surface area contributed by atoms with E-state index in [0.717, 1.165) is 6.07 Å². The highest BCUT2D eigenvalue weighted by Gasteiger charge is 2.15. The van der Waals surface area contributed by atoms with Crippen LogP contribution in [0.15, 0.2) is 36.4 Å². The van der Waals surface area contributed by atoms with E-state index in [4.69, 9.17) is 26.8 Å². The van der Waals surface area contributed by atoms with Gasteiger partial charge in [0.05, 0.1) is 23.3 Å². The van der Waals surface area contributed by atoms with Crippen LogP contribution in [0.3, 0.4) is 0 Å². The summed E-state index contributed by atoms with van der Waals surface area (Å²) < 4.78 is 10.3. The minimum atomic E-state index is -0.761. The molecule has 0 heterocycles. The highest BCUT2D eigenvalue weighted by atomic mass is 35.5. The van der Waals surface area contributed by atoms with E-state index in [9.17, 15) is 19.7 Å². The van der Waals surface area contributed by atoms with Crippen molar-refractivity contribution in [3.05, 3.63) is 57.1 Å². The van der Waals surface area contributed by atoms with Crippen molar-refractivity contribution in [3.8, 4) is 11.5 Å². The van der Waals surface area contributed by atoms with Crippen molar-refractivity contribution in [1.29, 1.82) is 0 Å². The third kappa shape index (κ3) is 4.61. The fourth-order valence-electron chi connectivity index (χ4n) is 2.06. The molecular formula is C16H14ClN3O6. The van der Waals surface area contributed by atoms with Gasteiger partial charge in [-0.15, -0.1) is 0 Å². The number of hydrogen-bond acceptors (Lipinski definition) is 6. The molecule has 0 bridgehead atoms. The van der Waals surface area contributed by atoms with Crippen LogP contribution in [0, 0.1) is 10.1 Å². The number of nitrogens with zero attached hydrogens (tertiary/aromatic N) is 1. The molecule has 9 nitrogen and oxygen atoms in total. The molecule has 0 saturated heterocycles. The molecule has 0 aromatic heterocycles. The number of carbonyl (C=O) groups excluding carboxylic acids is 2. The van der Waals surface area contributed by atoms with Gasteiger partial charge in [-0.1, -0.05) is 11.6 Å². The molecule has 136 valence electrons. The number of nitro benzene ring substituents is 1. The van der Waals surface area contributed by atoms with Crippen LogP contribution in [0.25, 0.3) is 0 Å². The van der Waals surface area contributed by atoms with Gasteiger partial charge < -0.3 is 20.5 Å². The fourth-order valence-corrected chi connectivity index (χ4v) is 2.23. The van der Waals surface area contributed by atoms with E-state index >= 15 is 0 Å². The molecule has 2 amide bonds. The Morgan fingerprint density at radius 3 is 2.54 bits per heavy atom. The molecule has 0 unspecified atom stereocenters. The van der Waals surface area contributed by atoms with Crippen LogP contribution >= 0.6 is 11.6 Å². The van der Waals surface area contributed by atoms with Gasteiger partial charge in [0.25, 0.3) is 17.5 Å². The number of non-ortho nitro benzene ring substituents is 1. The highest BCUT2D eigenvalue weighted by Crippen LogP contribution is 2.29. The SMILES string of the molecule is COc1ccc([N+](=O)[O-])cc1NC(=O)COc1ccc(Cl)cc1C(N)=O. The third-order valence-electron chi connectivity index (χ3n) is 3.23. The van der Waals surface area contributed by atoms with Crippen molar-refractivity contribution < 1.29 is 24.0 Å². The molecule has 0 aliphatic heterocycles. The van der Waals surface area contributed by atoms with Crippen LogP contribution in [0.1, 0.15) is 10.4 Å². The van der Waals surface area contributed by atoms with Gasteiger partial charge in [0.15, 0.2) is 6.61 Å². The summed E-state index contributed by atoms with van der Waals surface area (Å²) in [7, 11) is 1.36. The highest BCUT2D eigenvalue weighted by molar-refractivity contribution is 6.31. The minimum Gasteiger partial charge on any atom is -0.495 e. The summed E-state index contributed by atoms with van der Waals surface area (Å²) in [5.74, 6) is -1.05. The van der Waals surface area contributed by atoms with E-state index in [1.54, 1.807) is 0 Å². The van der Waals surface area contributed by atoms with Gasteiger partial charge in [0.1, 0.15) is 11.5 Å². The maximum atomic E-state index is 12.1. The van der Waals surface area contributed by atoms with Crippen molar-refractivity contribution >= 4 is 34.8 Å². The Bertz CT molecular complexity index is 871. The number of carbonyl (C=O) groups is 2. The number of benzene rings is 2. The number of nitrogens with one attached hydrogen (secondary N) is 1. The molecule has 0 saturated carbocycles. The standard InChI is InChI=1S/C16H14ClN3O6/c1-25-14-5-3-10(20(23)24)7-12(14)19-15(21)8-26-13-4-2-9(17)6-11(13)16(18)22/h2-7H,8H2,1H3,(H2,18,22)(H,19,21). The molecule has 0 aliphatic rings. The molecule has 3 N–H and O–H groups in total. The van der Waals surface area contributed by atoms with Crippen molar-refractivity contribution in [2.75, 3.05) is 19.0 Å². The van der Waals surface area contributed by atoms with Gasteiger partial charge in [0.2, 0.25) is 0 Å². The Balaban J connectivity index is 2.12. The molecule has 2 aromatic rings. The van der Waals surface area contributed by atoms with Gasteiger partial charge >= 0.3 is 0 Å². The zero-order chi connectivity index (χ0) is 19.3. The van der Waals surface area contributed by atoms with E-state index in [-0.39, 0.29) is 33.5 Å². The van der Waals surface area contributed by atoms with Crippen molar-refractivity contribution in [2.24, 2.45) is 5.73 Å². The number of ether oxygens (including phenoxy) is 2. The quantitative estimate of drug-likeness (QED) is 0.560. The maximum absolute atomic E-state index is 12.1. The first-order valence-corrected chi connectivity index (χ1v) is 7.54. The summed E-state index contributed by atoms with van der Waals surface area (Å²) in [4.78, 5) is 33.7. The smallest absolute Gasteiger partial charge is 0.271 e. The fraction of sp³-hybridized carbons (Fsp3) is 0.125. The van der Waals surface area contributed by atoms with Crippen LogP contribution < -0.4 is 20.5 Å². The van der Waals surface area contributed by atoms with E-state index < -0.39 is 23.3 Å². The van der Waals surface area contributed by atoms with Gasteiger partial charge in [-0.2, -0.15) is 0 Å². The lowest BCUT2D eigenvalue weighted by Crippen LogP contribution is -2.22. The lowest BCUT2D eigenvalue weighted by atomic mass is 10.2. The molecule has 2 rings (SSSR count). The Hall–Kier alpha value is -3.33. The Kier molecular flexibility index (Phi) is 5.97. The largest absolute Gasteiger partial charge is 0.495 e. The summed E-state index contributed by atoms with van der Waals surface area (Å²) in [6.07, 6.45) is 0. The topological polar surface area (TPSA) is 134 Å². The second-order valence-corrected chi connectivity index (χ2v) is 5.42. The van der Waals surface area contributed by atoms with E-state index in [2.05, 4.69) is 5.32 Å². The normalized spacial score (nSPS) is 10.1. The first-order valence-electron chi connectivity index (χ1n) is 7.16. The molecular weight excluding hydrogens is 366 g/mol. The Morgan fingerprint density at radius 1 is 1.23 bits per heavy atom. The maximum Gasteiger partial charge on any atom is 0.271 e. The van der Waals surface area contributed by atoms with E-state index in [0.29, 0.717) is 0 Å². The van der Waals surface area contributed by atoms with Crippen LogP contribution in [-0.2, 0) is 4.79 Å². The molecule has 0 radical (unpaired) electrons. The number of rotatable bonds is 7. The zero-order valence-electron chi connectivity index (χ0n) is 13.5. The summed E-state index contributed by atoms with van der Waals surface area (Å²) in [5.41, 5.74) is 5.16. The predicted molar refractivity (Wildman–Crippen MR) is 93.7 cm³/mol. The number of hydrogen-bond donors (Lipinski definition) is 2.